The van der Waals surface area contributed by atoms with Gasteiger partial charge in [-0.1, -0.05) is 23.5 Å². The van der Waals surface area contributed by atoms with Crippen molar-refractivity contribution in [2.75, 3.05) is 4.72 Å². The summed E-state index contributed by atoms with van der Waals surface area (Å²) in [5, 5.41) is 3.63. The normalized spacial score (nSPS) is 12.2. The summed E-state index contributed by atoms with van der Waals surface area (Å²) in [5.41, 5.74) is 3.30. The quantitative estimate of drug-likeness (QED) is 0.324. The highest BCUT2D eigenvalue weighted by molar-refractivity contribution is 7.92. The zero-order valence-electron chi connectivity index (χ0n) is 19.6. The molecule has 5 rings (SSSR count). The van der Waals surface area contributed by atoms with Crippen molar-refractivity contribution >= 4 is 48.9 Å². The van der Waals surface area contributed by atoms with Crippen molar-refractivity contribution in [1.82, 2.24) is 24.7 Å². The topological polar surface area (TPSA) is 135 Å². The number of benzene rings is 2. The summed E-state index contributed by atoms with van der Waals surface area (Å²) in [7, 11) is -3.87. The Kier molecular flexibility index (Phi) is 5.98. The number of sulfonamides is 1. The van der Waals surface area contributed by atoms with Crippen molar-refractivity contribution in [2.24, 2.45) is 4.99 Å². The van der Waals surface area contributed by atoms with E-state index in [1.807, 2.05) is 24.3 Å². The van der Waals surface area contributed by atoms with Gasteiger partial charge in [0.15, 0.2) is 0 Å². The Morgan fingerprint density at radius 1 is 1.06 bits per heavy atom. The maximum Gasteiger partial charge on any atom is 0.282 e. The lowest BCUT2D eigenvalue weighted by atomic mass is 10.2. The number of aryl methyl sites for hydroxylation is 2. The Balaban J connectivity index is 1.41. The number of thiazole rings is 1. The Morgan fingerprint density at radius 2 is 1.81 bits per heavy atom. The monoisotopic (exact) mass is 519 g/mol. The van der Waals surface area contributed by atoms with Gasteiger partial charge in [-0.15, -0.1) is 0 Å². The highest BCUT2D eigenvalue weighted by Crippen LogP contribution is 2.24. The number of rotatable bonds is 6. The number of nitrogens with one attached hydrogen (secondary N) is 2. The first kappa shape index (κ1) is 23.6. The number of aromatic amines is 1. The van der Waals surface area contributed by atoms with Crippen LogP contribution in [0.1, 0.15) is 23.9 Å². The molecule has 10 nitrogen and oxygen atoms in total. The van der Waals surface area contributed by atoms with Crippen LogP contribution in [-0.2, 0) is 10.0 Å². The van der Waals surface area contributed by atoms with Gasteiger partial charge >= 0.3 is 0 Å². The fourth-order valence-electron chi connectivity index (χ4n) is 3.69. The minimum atomic E-state index is -3.87. The summed E-state index contributed by atoms with van der Waals surface area (Å²) in [5.74, 6) is 0.000260. The zero-order chi connectivity index (χ0) is 25.4. The predicted molar refractivity (Wildman–Crippen MR) is 140 cm³/mol. The molecule has 0 saturated carbocycles. The molecule has 5 aromatic rings. The summed E-state index contributed by atoms with van der Waals surface area (Å²) in [4.78, 5) is 30.3. The first-order chi connectivity index (χ1) is 17.2. The first-order valence-corrected chi connectivity index (χ1v) is 13.2. The largest absolute Gasteiger partial charge is 0.293 e. The molecule has 0 atom stereocenters. The van der Waals surface area contributed by atoms with E-state index in [-0.39, 0.29) is 16.4 Å². The van der Waals surface area contributed by atoms with Gasteiger partial charge in [0.2, 0.25) is 11.1 Å². The van der Waals surface area contributed by atoms with Crippen molar-refractivity contribution < 1.29 is 8.42 Å². The third-order valence-electron chi connectivity index (χ3n) is 5.37. The first-order valence-electron chi connectivity index (χ1n) is 10.9. The van der Waals surface area contributed by atoms with Crippen molar-refractivity contribution in [1.29, 1.82) is 0 Å². The molecule has 0 saturated heterocycles. The molecule has 0 aliphatic rings. The molecule has 3 heterocycles. The average Bonchev–Trinajstić information content (AvgIpc) is 3.39. The van der Waals surface area contributed by atoms with Gasteiger partial charge in [-0.2, -0.15) is 4.68 Å². The van der Waals surface area contributed by atoms with Crippen molar-refractivity contribution in [3.05, 3.63) is 88.1 Å². The predicted octanol–water partition coefficient (Wildman–Crippen LogP) is 4.12. The van der Waals surface area contributed by atoms with E-state index in [4.69, 9.17) is 0 Å². The molecule has 0 fully saturated rings. The fourth-order valence-corrected chi connectivity index (χ4v) is 5.57. The number of hydrogen-bond acceptors (Lipinski definition) is 8. The van der Waals surface area contributed by atoms with Gasteiger partial charge in [0, 0.05) is 17.6 Å². The van der Waals surface area contributed by atoms with E-state index in [1.54, 1.807) is 39.0 Å². The molecule has 2 N–H and O–H groups in total. The van der Waals surface area contributed by atoms with Gasteiger partial charge in [0.25, 0.3) is 15.6 Å². The summed E-state index contributed by atoms with van der Waals surface area (Å²) >= 11 is 1.42. The molecular weight excluding hydrogens is 498 g/mol. The molecule has 0 aliphatic heterocycles. The van der Waals surface area contributed by atoms with Crippen LogP contribution in [0.4, 0.5) is 11.6 Å². The molecular formula is C24H21N7O3S2. The lowest BCUT2D eigenvalue weighted by molar-refractivity contribution is 0.601. The third-order valence-corrected chi connectivity index (χ3v) is 7.74. The van der Waals surface area contributed by atoms with Crippen LogP contribution in [0.2, 0.25) is 0 Å². The highest BCUT2D eigenvalue weighted by Gasteiger charge is 2.18. The Morgan fingerprint density at radius 3 is 2.53 bits per heavy atom. The number of anilines is 1. The molecule has 0 radical (unpaired) electrons. The average molecular weight is 520 g/mol. The Labute approximate surface area is 210 Å². The maximum absolute atomic E-state index is 13.2. The van der Waals surface area contributed by atoms with Crippen LogP contribution in [0.15, 0.2) is 75.5 Å². The lowest BCUT2D eigenvalue weighted by Gasteiger charge is -2.07. The van der Waals surface area contributed by atoms with E-state index in [1.165, 1.54) is 34.3 Å². The summed E-state index contributed by atoms with van der Waals surface area (Å²) in [6, 6.07) is 15.4. The van der Waals surface area contributed by atoms with Gasteiger partial charge in [-0.05, 0) is 63.2 Å². The summed E-state index contributed by atoms with van der Waals surface area (Å²) in [6.45, 7) is 5.28. The van der Waals surface area contributed by atoms with Crippen LogP contribution in [0.25, 0.3) is 15.3 Å². The fraction of sp³-hybridized carbons (Fsp3) is 0.125. The minimum absolute atomic E-state index is 0.000260. The second-order valence-electron chi connectivity index (χ2n) is 8.03. The van der Waals surface area contributed by atoms with Gasteiger partial charge in [-0.3, -0.25) is 14.9 Å². The molecule has 0 unspecified atom stereocenters. The second-order valence-corrected chi connectivity index (χ2v) is 10.7. The zero-order valence-corrected chi connectivity index (χ0v) is 21.2. The second kappa shape index (κ2) is 9.13. The molecule has 3 aromatic heterocycles. The van der Waals surface area contributed by atoms with Crippen LogP contribution in [0.3, 0.4) is 0 Å². The highest BCUT2D eigenvalue weighted by atomic mass is 32.2. The number of aliphatic imine (C=N–C) groups is 1. The van der Waals surface area contributed by atoms with E-state index in [9.17, 15) is 13.2 Å². The molecule has 0 aliphatic carbocycles. The number of H-pyrrole nitrogens is 1. The van der Waals surface area contributed by atoms with Crippen LogP contribution in [-0.4, -0.2) is 38.9 Å². The van der Waals surface area contributed by atoms with Gasteiger partial charge in [0.1, 0.15) is 0 Å². The van der Waals surface area contributed by atoms with Crippen molar-refractivity contribution in [3.63, 3.8) is 0 Å². The number of para-hydroxylation sites is 1. The van der Waals surface area contributed by atoms with E-state index in [0.29, 0.717) is 33.5 Å². The van der Waals surface area contributed by atoms with Crippen molar-refractivity contribution in [2.45, 2.75) is 25.7 Å². The SMILES string of the molecule is CC(=Nc1ccc(S(=O)(=O)Nc2nccc(C)n2)cc1)c1c(C)[nH]n(-c2nc3ccccc3s2)c1=O. The van der Waals surface area contributed by atoms with E-state index < -0.39 is 10.0 Å². The molecule has 12 heteroatoms. The molecule has 0 spiro atoms. The molecule has 0 amide bonds. The molecule has 182 valence electrons. The third kappa shape index (κ3) is 4.55. The van der Waals surface area contributed by atoms with Gasteiger partial charge in [0.05, 0.1) is 32.1 Å². The molecule has 2 aromatic carbocycles. The minimum Gasteiger partial charge on any atom is -0.293 e. The van der Waals surface area contributed by atoms with Crippen LogP contribution < -0.4 is 10.3 Å². The van der Waals surface area contributed by atoms with E-state index >= 15 is 0 Å². The summed E-state index contributed by atoms with van der Waals surface area (Å²) < 4.78 is 30.1. The summed E-state index contributed by atoms with van der Waals surface area (Å²) in [6.07, 6.45) is 1.48. The van der Waals surface area contributed by atoms with E-state index in [2.05, 4.69) is 29.8 Å². The molecule has 36 heavy (non-hydrogen) atoms. The van der Waals surface area contributed by atoms with Crippen LogP contribution in [0.5, 0.6) is 0 Å². The number of hydrogen-bond donors (Lipinski definition) is 2. The number of fused-ring (bicyclic) bond motifs is 1. The van der Waals surface area contributed by atoms with Crippen molar-refractivity contribution in [3.8, 4) is 5.13 Å². The molecule has 0 bridgehead atoms. The standard InChI is InChI=1S/C24H21N7O3S2/c1-14-12-13-25-23(26-14)30-36(33,34)18-10-8-17(9-11-18)27-15(2)21-16(3)29-31(22(21)32)24-28-19-6-4-5-7-20(19)35-24/h4-13,29H,1-3H3,(H,25,26,30). The number of aromatic nitrogens is 5. The lowest BCUT2D eigenvalue weighted by Crippen LogP contribution is -2.19. The van der Waals surface area contributed by atoms with Crippen LogP contribution >= 0.6 is 11.3 Å². The number of nitrogens with zero attached hydrogens (tertiary/aromatic N) is 5. The van der Waals surface area contributed by atoms with E-state index in [0.717, 1.165) is 10.2 Å². The Hall–Kier alpha value is -4.16. The van der Waals surface area contributed by atoms with Gasteiger partial charge < -0.3 is 0 Å². The van der Waals surface area contributed by atoms with Gasteiger partial charge in [-0.25, -0.2) is 28.1 Å². The van der Waals surface area contributed by atoms with Crippen LogP contribution in [0, 0.1) is 13.8 Å². The smallest absolute Gasteiger partial charge is 0.282 e. The Bertz CT molecular complexity index is 1750. The maximum atomic E-state index is 13.2.